The summed E-state index contributed by atoms with van der Waals surface area (Å²) in [6.45, 7) is 9.90. The van der Waals surface area contributed by atoms with Gasteiger partial charge < -0.3 is 19.3 Å². The number of hydrogen-bond acceptors (Lipinski definition) is 7. The Morgan fingerprint density at radius 2 is 1.80 bits per heavy atom. The smallest absolute Gasteiger partial charge is 0.306 e. The van der Waals surface area contributed by atoms with E-state index in [9.17, 15) is 9.90 Å². The lowest BCUT2D eigenvalue weighted by molar-refractivity contribution is -0.143. The van der Waals surface area contributed by atoms with E-state index in [1.807, 2.05) is 74.0 Å². The summed E-state index contributed by atoms with van der Waals surface area (Å²) in [4.78, 5) is 12.6. The molecule has 8 heteroatoms. The van der Waals surface area contributed by atoms with Gasteiger partial charge >= 0.3 is 5.97 Å². The van der Waals surface area contributed by atoms with Crippen molar-refractivity contribution in [1.29, 1.82) is 0 Å². The van der Waals surface area contributed by atoms with Crippen LogP contribution in [0.2, 0.25) is 0 Å². The van der Waals surface area contributed by atoms with Crippen LogP contribution in [-0.2, 0) is 27.4 Å². The molecular formula is C33H41N3O5. The molecule has 0 fully saturated rings. The van der Waals surface area contributed by atoms with Crippen LogP contribution in [-0.4, -0.2) is 46.4 Å². The molecule has 4 aromatic rings. The molecule has 3 aromatic carbocycles. The second-order valence-electron chi connectivity index (χ2n) is 10.4. The summed E-state index contributed by atoms with van der Waals surface area (Å²) in [5.74, 6) is 0.352. The van der Waals surface area contributed by atoms with Gasteiger partial charge in [0.15, 0.2) is 0 Å². The van der Waals surface area contributed by atoms with E-state index in [1.54, 1.807) is 14.0 Å². The molecule has 1 aromatic heterocycles. The normalized spacial score (nSPS) is 12.8. The minimum absolute atomic E-state index is 0.202. The zero-order valence-electron chi connectivity index (χ0n) is 24.7. The van der Waals surface area contributed by atoms with Gasteiger partial charge in [0, 0.05) is 19.1 Å². The third-order valence-electron chi connectivity index (χ3n) is 7.53. The fraction of sp³-hybridized carbons (Fsp3) is 0.424. The second-order valence-corrected chi connectivity index (χ2v) is 10.4. The van der Waals surface area contributed by atoms with Crippen molar-refractivity contribution in [2.45, 2.75) is 72.1 Å². The van der Waals surface area contributed by atoms with Crippen molar-refractivity contribution in [3.63, 3.8) is 0 Å². The second kappa shape index (κ2) is 14.2. The fourth-order valence-electron chi connectivity index (χ4n) is 5.22. The van der Waals surface area contributed by atoms with Crippen LogP contribution in [0.3, 0.4) is 0 Å². The highest BCUT2D eigenvalue weighted by molar-refractivity contribution is 5.80. The maximum Gasteiger partial charge on any atom is 0.306 e. The van der Waals surface area contributed by atoms with E-state index < -0.39 is 6.10 Å². The van der Waals surface area contributed by atoms with E-state index in [0.717, 1.165) is 69.6 Å². The largest absolute Gasteiger partial charge is 0.497 e. The first-order valence-corrected chi connectivity index (χ1v) is 14.3. The fourth-order valence-corrected chi connectivity index (χ4v) is 5.22. The predicted molar refractivity (Wildman–Crippen MR) is 159 cm³/mol. The summed E-state index contributed by atoms with van der Waals surface area (Å²) in [6.07, 6.45) is 1.43. The quantitative estimate of drug-likeness (QED) is 0.145. The molecule has 1 unspecified atom stereocenters. The van der Waals surface area contributed by atoms with Crippen LogP contribution in [0.25, 0.3) is 11.0 Å². The highest BCUT2D eigenvalue weighted by atomic mass is 16.5. The SMILES string of the molecule is CCOC(=O)CC(c1ccc(C)c([C@H](C)O)c1)c1ccc2c(nnn2CCCCOCc2ccc(OC)cc2)c1C. The summed E-state index contributed by atoms with van der Waals surface area (Å²) in [5, 5.41) is 19.3. The van der Waals surface area contributed by atoms with Crippen LogP contribution < -0.4 is 4.74 Å². The Kier molecular flexibility index (Phi) is 10.5. The summed E-state index contributed by atoms with van der Waals surface area (Å²) in [5.41, 5.74) is 7.74. The van der Waals surface area contributed by atoms with E-state index >= 15 is 0 Å². The van der Waals surface area contributed by atoms with Crippen molar-refractivity contribution < 1.29 is 24.1 Å². The minimum atomic E-state index is -0.602. The third kappa shape index (κ3) is 7.51. The molecule has 41 heavy (non-hydrogen) atoms. The third-order valence-corrected chi connectivity index (χ3v) is 7.53. The van der Waals surface area contributed by atoms with Crippen molar-refractivity contribution in [3.8, 4) is 5.75 Å². The van der Waals surface area contributed by atoms with Crippen molar-refractivity contribution >= 4 is 17.0 Å². The van der Waals surface area contributed by atoms with Crippen LogP contribution in [0.1, 0.15) is 78.5 Å². The zero-order valence-corrected chi connectivity index (χ0v) is 24.7. The molecule has 0 radical (unpaired) electrons. The minimum Gasteiger partial charge on any atom is -0.497 e. The first kappa shape index (κ1) is 30.2. The Morgan fingerprint density at radius 3 is 2.51 bits per heavy atom. The monoisotopic (exact) mass is 559 g/mol. The number of ether oxygens (including phenoxy) is 3. The molecule has 0 saturated heterocycles. The molecule has 0 aliphatic heterocycles. The summed E-state index contributed by atoms with van der Waals surface area (Å²) in [6, 6.07) is 18.0. The lowest BCUT2D eigenvalue weighted by Gasteiger charge is -2.21. The van der Waals surface area contributed by atoms with Gasteiger partial charge in [0.25, 0.3) is 0 Å². The number of benzene rings is 3. The number of esters is 1. The topological polar surface area (TPSA) is 95.7 Å². The van der Waals surface area contributed by atoms with Gasteiger partial charge in [-0.05, 0) is 92.1 Å². The van der Waals surface area contributed by atoms with E-state index in [1.165, 1.54) is 0 Å². The van der Waals surface area contributed by atoms with Gasteiger partial charge in [-0.1, -0.05) is 41.6 Å². The first-order valence-electron chi connectivity index (χ1n) is 14.3. The molecule has 0 aliphatic rings. The first-order chi connectivity index (χ1) is 19.8. The number of aryl methyl sites for hydroxylation is 3. The molecule has 0 spiro atoms. The lowest BCUT2D eigenvalue weighted by Crippen LogP contribution is -2.13. The van der Waals surface area contributed by atoms with Crippen molar-refractivity contribution in [2.75, 3.05) is 20.3 Å². The maximum absolute atomic E-state index is 12.6. The van der Waals surface area contributed by atoms with Gasteiger partial charge in [-0.15, -0.1) is 5.10 Å². The van der Waals surface area contributed by atoms with Crippen LogP contribution >= 0.6 is 0 Å². The van der Waals surface area contributed by atoms with Crippen molar-refractivity contribution in [2.24, 2.45) is 0 Å². The van der Waals surface area contributed by atoms with E-state index in [2.05, 4.69) is 16.4 Å². The molecule has 4 rings (SSSR count). The average molecular weight is 560 g/mol. The number of aromatic nitrogens is 3. The van der Waals surface area contributed by atoms with Crippen LogP contribution in [0.15, 0.2) is 54.6 Å². The van der Waals surface area contributed by atoms with Crippen LogP contribution in [0.5, 0.6) is 5.75 Å². The summed E-state index contributed by atoms with van der Waals surface area (Å²) >= 11 is 0. The summed E-state index contributed by atoms with van der Waals surface area (Å²) < 4.78 is 18.3. The standard InChI is InChI=1S/C33H41N3O5/c1-6-41-32(38)20-30(26-12-9-22(2)29(19-26)24(4)37)28-15-16-31-33(23(28)3)34-35-36(31)17-7-8-18-40-21-25-10-13-27(39-5)14-11-25/h9-16,19,24,30,37H,6-8,17-18,20-21H2,1-5H3/t24-,30?/m0/s1. The number of aliphatic hydroxyl groups excluding tert-OH is 1. The number of unbranched alkanes of at least 4 members (excludes halogenated alkanes) is 1. The molecule has 0 amide bonds. The van der Waals surface area contributed by atoms with Gasteiger partial charge in [0.05, 0.1) is 38.4 Å². The number of rotatable bonds is 14. The summed E-state index contributed by atoms with van der Waals surface area (Å²) in [7, 11) is 1.66. The lowest BCUT2D eigenvalue weighted by atomic mass is 9.84. The highest BCUT2D eigenvalue weighted by Gasteiger charge is 2.24. The van der Waals surface area contributed by atoms with E-state index in [-0.39, 0.29) is 18.3 Å². The average Bonchev–Trinajstić information content (AvgIpc) is 3.38. The van der Waals surface area contributed by atoms with Gasteiger partial charge in [-0.2, -0.15) is 0 Å². The number of aliphatic hydroxyl groups is 1. The Labute approximate surface area is 242 Å². The Balaban J connectivity index is 1.46. The Morgan fingerprint density at radius 1 is 1.02 bits per heavy atom. The van der Waals surface area contributed by atoms with Crippen LogP contribution in [0.4, 0.5) is 0 Å². The molecular weight excluding hydrogens is 518 g/mol. The van der Waals surface area contributed by atoms with E-state index in [4.69, 9.17) is 14.2 Å². The van der Waals surface area contributed by atoms with E-state index in [0.29, 0.717) is 19.8 Å². The van der Waals surface area contributed by atoms with Gasteiger partial charge in [-0.3, -0.25) is 4.79 Å². The molecule has 1 N–H and O–H groups in total. The number of carbonyl (C=O) groups is 1. The van der Waals surface area contributed by atoms with Gasteiger partial charge in [0.1, 0.15) is 11.3 Å². The number of carbonyl (C=O) groups excluding carboxylic acids is 1. The molecule has 0 aliphatic carbocycles. The Bertz CT molecular complexity index is 1450. The Hall–Kier alpha value is -3.75. The molecule has 8 nitrogen and oxygen atoms in total. The number of hydrogen-bond donors (Lipinski definition) is 1. The molecule has 2 atom stereocenters. The number of fused-ring (bicyclic) bond motifs is 1. The zero-order chi connectivity index (χ0) is 29.4. The van der Waals surface area contributed by atoms with Gasteiger partial charge in [-0.25, -0.2) is 4.68 Å². The molecule has 218 valence electrons. The number of nitrogens with zero attached hydrogens (tertiary/aromatic N) is 3. The van der Waals surface area contributed by atoms with Crippen molar-refractivity contribution in [3.05, 3.63) is 88.0 Å². The highest BCUT2D eigenvalue weighted by Crippen LogP contribution is 2.35. The molecule has 0 saturated carbocycles. The molecule has 1 heterocycles. The van der Waals surface area contributed by atoms with Gasteiger partial charge in [0.2, 0.25) is 0 Å². The van der Waals surface area contributed by atoms with Crippen LogP contribution in [0, 0.1) is 13.8 Å². The molecule has 0 bridgehead atoms. The predicted octanol–water partition coefficient (Wildman–Crippen LogP) is 6.19. The van der Waals surface area contributed by atoms with Crippen molar-refractivity contribution in [1.82, 2.24) is 15.0 Å². The number of methoxy groups -OCH3 is 1. The maximum atomic E-state index is 12.6.